The third-order valence-electron chi connectivity index (χ3n) is 1.76. The van der Waals surface area contributed by atoms with Crippen molar-refractivity contribution in [2.45, 2.75) is 32.5 Å². The monoisotopic (exact) mass is 217 g/mol. The molecule has 88 valence electrons. The number of rotatable bonds is 7. The van der Waals surface area contributed by atoms with Crippen LogP contribution in [0.5, 0.6) is 0 Å². The Morgan fingerprint density at radius 2 is 1.80 bits per heavy atom. The van der Waals surface area contributed by atoms with Crippen molar-refractivity contribution in [1.29, 1.82) is 5.53 Å². The zero-order valence-corrected chi connectivity index (χ0v) is 9.18. The number of hydrogen-bond donors (Lipinski definition) is 3. The van der Waals surface area contributed by atoms with Gasteiger partial charge in [0.15, 0.2) is 0 Å². The normalized spacial score (nSPS) is 14.4. The van der Waals surface area contributed by atoms with Crippen LogP contribution < -0.4 is 0 Å². The minimum absolute atomic E-state index is 0.142. The van der Waals surface area contributed by atoms with Gasteiger partial charge in [-0.05, 0) is 13.8 Å². The highest BCUT2D eigenvalue weighted by atomic mass is 16.3. The second-order valence-electron chi connectivity index (χ2n) is 3.63. The molecule has 0 aliphatic heterocycles. The van der Waals surface area contributed by atoms with Crippen LogP contribution in [0, 0.1) is 5.53 Å². The van der Waals surface area contributed by atoms with Gasteiger partial charge in [-0.2, -0.15) is 5.11 Å². The van der Waals surface area contributed by atoms with Gasteiger partial charge in [-0.15, -0.1) is 0 Å². The number of carbonyl (C=O) groups is 1. The van der Waals surface area contributed by atoms with E-state index in [1.807, 2.05) is 0 Å². The zero-order valence-electron chi connectivity index (χ0n) is 9.18. The first-order valence-electron chi connectivity index (χ1n) is 4.94. The van der Waals surface area contributed by atoms with Gasteiger partial charge in [0, 0.05) is 19.5 Å². The molecule has 0 spiro atoms. The first-order valence-corrected chi connectivity index (χ1v) is 4.94. The predicted octanol–water partition coefficient (Wildman–Crippen LogP) is -0.00233. The van der Waals surface area contributed by atoms with E-state index in [0.29, 0.717) is 0 Å². The van der Waals surface area contributed by atoms with Crippen molar-refractivity contribution in [1.82, 2.24) is 4.90 Å². The molecule has 6 heteroatoms. The van der Waals surface area contributed by atoms with Gasteiger partial charge in [0.05, 0.1) is 18.8 Å². The molecule has 0 aromatic rings. The Labute approximate surface area is 89.4 Å². The Morgan fingerprint density at radius 3 is 2.13 bits per heavy atom. The first kappa shape index (κ1) is 14.0. The van der Waals surface area contributed by atoms with Crippen molar-refractivity contribution >= 4 is 5.91 Å². The summed E-state index contributed by atoms with van der Waals surface area (Å²) in [4.78, 5) is 12.9. The lowest BCUT2D eigenvalue weighted by Gasteiger charge is -2.25. The average molecular weight is 217 g/mol. The number of aliphatic hydroxyl groups is 2. The molecule has 0 aliphatic carbocycles. The third-order valence-corrected chi connectivity index (χ3v) is 1.76. The number of carbonyl (C=O) groups excluding carboxylic acids is 1. The molecule has 0 saturated carbocycles. The van der Waals surface area contributed by atoms with Crippen LogP contribution in [0.3, 0.4) is 0 Å². The Kier molecular flexibility index (Phi) is 6.81. The van der Waals surface area contributed by atoms with Gasteiger partial charge in [-0.3, -0.25) is 4.79 Å². The maximum atomic E-state index is 11.5. The summed E-state index contributed by atoms with van der Waals surface area (Å²) >= 11 is 0. The van der Waals surface area contributed by atoms with E-state index >= 15 is 0 Å². The summed E-state index contributed by atoms with van der Waals surface area (Å²) in [7, 11) is 0. The molecule has 0 fully saturated rings. The van der Waals surface area contributed by atoms with Crippen LogP contribution in [0.2, 0.25) is 0 Å². The second-order valence-corrected chi connectivity index (χ2v) is 3.63. The van der Waals surface area contributed by atoms with Crippen LogP contribution in [0.25, 0.3) is 0 Å². The van der Waals surface area contributed by atoms with Crippen LogP contribution in [0.4, 0.5) is 0 Å². The van der Waals surface area contributed by atoms with Gasteiger partial charge in [0.1, 0.15) is 0 Å². The van der Waals surface area contributed by atoms with E-state index in [9.17, 15) is 15.0 Å². The van der Waals surface area contributed by atoms with E-state index < -0.39 is 12.2 Å². The fraction of sp³-hybridized carbons (Fsp3) is 0.889. The van der Waals surface area contributed by atoms with Crippen molar-refractivity contribution in [2.75, 3.05) is 19.6 Å². The summed E-state index contributed by atoms with van der Waals surface area (Å²) in [6.07, 6.45) is -1.11. The highest BCUT2D eigenvalue weighted by Gasteiger charge is 2.16. The van der Waals surface area contributed by atoms with E-state index in [1.165, 1.54) is 4.90 Å². The van der Waals surface area contributed by atoms with Crippen LogP contribution >= 0.6 is 0 Å². The van der Waals surface area contributed by atoms with Crippen LogP contribution in [0.15, 0.2) is 5.11 Å². The fourth-order valence-electron chi connectivity index (χ4n) is 1.23. The van der Waals surface area contributed by atoms with Crippen molar-refractivity contribution in [2.24, 2.45) is 5.11 Å². The van der Waals surface area contributed by atoms with Crippen LogP contribution in [0.1, 0.15) is 20.3 Å². The molecule has 15 heavy (non-hydrogen) atoms. The lowest BCUT2D eigenvalue weighted by Crippen LogP contribution is -2.40. The van der Waals surface area contributed by atoms with E-state index in [-0.39, 0.29) is 32.0 Å². The van der Waals surface area contributed by atoms with Gasteiger partial charge in [-0.1, -0.05) is 0 Å². The molecule has 0 heterocycles. The SMILES string of the molecule is CC(O)CN(CC(C)O)C(=O)CCN=N. The molecule has 0 bridgehead atoms. The van der Waals surface area contributed by atoms with Gasteiger partial charge < -0.3 is 15.1 Å². The molecule has 0 aliphatic rings. The molecule has 0 saturated heterocycles. The van der Waals surface area contributed by atoms with E-state index in [4.69, 9.17) is 5.53 Å². The van der Waals surface area contributed by atoms with Crippen molar-refractivity contribution in [3.05, 3.63) is 0 Å². The smallest absolute Gasteiger partial charge is 0.224 e. The van der Waals surface area contributed by atoms with E-state index in [2.05, 4.69) is 5.11 Å². The van der Waals surface area contributed by atoms with Crippen LogP contribution in [-0.2, 0) is 4.79 Å². The van der Waals surface area contributed by atoms with Crippen molar-refractivity contribution < 1.29 is 15.0 Å². The maximum absolute atomic E-state index is 11.5. The molecular weight excluding hydrogens is 198 g/mol. The summed E-state index contributed by atoms with van der Waals surface area (Å²) in [5, 5.41) is 21.4. The molecule has 1 amide bonds. The van der Waals surface area contributed by atoms with Crippen molar-refractivity contribution in [3.8, 4) is 0 Å². The van der Waals surface area contributed by atoms with E-state index in [1.54, 1.807) is 13.8 Å². The fourth-order valence-corrected chi connectivity index (χ4v) is 1.23. The Balaban J connectivity index is 4.20. The number of hydrogen-bond acceptors (Lipinski definition) is 5. The Bertz CT molecular complexity index is 197. The topological polar surface area (TPSA) is 97.0 Å². The summed E-state index contributed by atoms with van der Waals surface area (Å²) in [5.74, 6) is -0.201. The Morgan fingerprint density at radius 1 is 1.33 bits per heavy atom. The van der Waals surface area contributed by atoms with Gasteiger partial charge >= 0.3 is 0 Å². The number of aliphatic hydroxyl groups excluding tert-OH is 2. The summed E-state index contributed by atoms with van der Waals surface area (Å²) in [6.45, 7) is 3.70. The summed E-state index contributed by atoms with van der Waals surface area (Å²) in [6, 6.07) is 0. The van der Waals surface area contributed by atoms with Gasteiger partial charge in [-0.25, -0.2) is 5.53 Å². The highest BCUT2D eigenvalue weighted by Crippen LogP contribution is 2.00. The third kappa shape index (κ3) is 6.98. The molecular formula is C9H19N3O3. The highest BCUT2D eigenvalue weighted by molar-refractivity contribution is 5.76. The number of nitrogens with zero attached hydrogens (tertiary/aromatic N) is 2. The van der Waals surface area contributed by atoms with Gasteiger partial charge in [0.2, 0.25) is 5.91 Å². The van der Waals surface area contributed by atoms with Crippen LogP contribution in [-0.4, -0.2) is 52.9 Å². The molecule has 2 atom stereocenters. The minimum Gasteiger partial charge on any atom is -0.392 e. The largest absolute Gasteiger partial charge is 0.392 e. The first-order chi connectivity index (χ1) is 6.97. The van der Waals surface area contributed by atoms with E-state index in [0.717, 1.165) is 0 Å². The molecule has 0 aromatic carbocycles. The van der Waals surface area contributed by atoms with Crippen molar-refractivity contribution in [3.63, 3.8) is 0 Å². The standard InChI is InChI=1S/C9H19N3O3/c1-7(13)5-12(6-8(2)14)9(15)3-4-11-10/h7-8,10,13-14H,3-6H2,1-2H3. The molecule has 2 unspecified atom stereocenters. The summed E-state index contributed by atoms with van der Waals surface area (Å²) in [5.41, 5.74) is 6.58. The summed E-state index contributed by atoms with van der Waals surface area (Å²) < 4.78 is 0. The molecule has 0 radical (unpaired) electrons. The minimum atomic E-state index is -0.624. The lowest BCUT2D eigenvalue weighted by molar-refractivity contribution is -0.133. The second kappa shape index (κ2) is 7.30. The maximum Gasteiger partial charge on any atom is 0.224 e. The predicted molar refractivity (Wildman–Crippen MR) is 54.6 cm³/mol. The molecule has 6 nitrogen and oxygen atoms in total. The Hall–Kier alpha value is -1.01. The zero-order chi connectivity index (χ0) is 11.8. The molecule has 0 aromatic heterocycles. The average Bonchev–Trinajstić information content (AvgIpc) is 2.11. The molecule has 3 N–H and O–H groups in total. The molecule has 0 rings (SSSR count). The number of nitrogens with one attached hydrogen (secondary N) is 1. The van der Waals surface area contributed by atoms with Gasteiger partial charge in [0.25, 0.3) is 0 Å². The number of amides is 1. The lowest BCUT2D eigenvalue weighted by atomic mass is 10.2. The quantitative estimate of drug-likeness (QED) is 0.523.